The largest absolute Gasteiger partial charge is 0.469 e. The Labute approximate surface area is 215 Å². The predicted octanol–water partition coefficient (Wildman–Crippen LogP) is 5.04. The van der Waals surface area contributed by atoms with Gasteiger partial charge in [-0.25, -0.2) is 18.4 Å². The Bertz CT molecular complexity index is 1240. The lowest BCUT2D eigenvalue weighted by Crippen LogP contribution is -2.38. The van der Waals surface area contributed by atoms with Crippen LogP contribution in [0.15, 0.2) is 48.8 Å². The standard InChI is InChI=1S/C26H30F2N4O4S/c1-36-26(33)22-14-18(27)4-8-21(22)25-23(16-32(30-25)24-9-5-19(28)15-29-24)17-2-6-20(7-3-17)31-10-12-37(34,35)13-11-31/h2-3,5-7,9,15-16,18,21-22,34-35H,4,8,10-14H2,1H3. The van der Waals surface area contributed by atoms with Gasteiger partial charge in [0.15, 0.2) is 5.82 Å². The maximum absolute atomic E-state index is 14.3. The number of esters is 1. The lowest BCUT2D eigenvalue weighted by molar-refractivity contribution is -0.148. The fraction of sp³-hybridized carbons (Fsp3) is 0.423. The summed E-state index contributed by atoms with van der Waals surface area (Å²) in [5, 5.41) is 4.77. The molecule has 37 heavy (non-hydrogen) atoms. The molecule has 1 aromatic carbocycles. The smallest absolute Gasteiger partial charge is 0.309 e. The normalized spacial score (nSPS) is 24.5. The number of anilines is 1. The van der Waals surface area contributed by atoms with Gasteiger partial charge in [0, 0.05) is 36.5 Å². The summed E-state index contributed by atoms with van der Waals surface area (Å²) in [6.45, 7) is 1.13. The van der Waals surface area contributed by atoms with Crippen LogP contribution >= 0.6 is 10.6 Å². The summed E-state index contributed by atoms with van der Waals surface area (Å²) >= 11 is 0. The Kier molecular flexibility index (Phi) is 7.19. The second kappa shape index (κ2) is 10.4. The lowest BCUT2D eigenvalue weighted by atomic mass is 9.75. The summed E-state index contributed by atoms with van der Waals surface area (Å²) in [5.74, 6) is -0.804. The van der Waals surface area contributed by atoms with E-state index in [-0.39, 0.29) is 12.3 Å². The molecule has 198 valence electrons. The van der Waals surface area contributed by atoms with E-state index in [1.165, 1.54) is 19.2 Å². The topological polar surface area (TPSA) is 101 Å². The van der Waals surface area contributed by atoms with Gasteiger partial charge in [0.1, 0.15) is 12.0 Å². The number of nitrogens with zero attached hydrogens (tertiary/aromatic N) is 4. The first-order chi connectivity index (χ1) is 17.7. The molecule has 8 nitrogen and oxygen atoms in total. The molecule has 0 amide bonds. The van der Waals surface area contributed by atoms with E-state index in [0.717, 1.165) is 23.0 Å². The van der Waals surface area contributed by atoms with Crippen LogP contribution in [0.3, 0.4) is 0 Å². The number of hydrogen-bond acceptors (Lipinski definition) is 7. The zero-order valence-corrected chi connectivity index (χ0v) is 21.3. The number of benzene rings is 1. The van der Waals surface area contributed by atoms with Crippen LogP contribution in [0.5, 0.6) is 0 Å². The van der Waals surface area contributed by atoms with E-state index in [1.54, 1.807) is 10.9 Å². The molecule has 1 aliphatic heterocycles. The monoisotopic (exact) mass is 532 g/mol. The molecule has 2 fully saturated rings. The van der Waals surface area contributed by atoms with E-state index in [4.69, 9.17) is 9.84 Å². The minimum atomic E-state index is -2.48. The van der Waals surface area contributed by atoms with E-state index >= 15 is 0 Å². The highest BCUT2D eigenvalue weighted by Gasteiger charge is 2.39. The Morgan fingerprint density at radius 3 is 2.49 bits per heavy atom. The number of methoxy groups -OCH3 is 1. The van der Waals surface area contributed by atoms with Crippen LogP contribution in [0.25, 0.3) is 16.9 Å². The predicted molar refractivity (Wildman–Crippen MR) is 139 cm³/mol. The van der Waals surface area contributed by atoms with Crippen molar-refractivity contribution in [2.24, 2.45) is 5.92 Å². The van der Waals surface area contributed by atoms with Crippen LogP contribution in [0.2, 0.25) is 0 Å². The van der Waals surface area contributed by atoms with E-state index in [0.29, 0.717) is 48.9 Å². The molecule has 1 saturated heterocycles. The molecule has 3 aromatic rings. The van der Waals surface area contributed by atoms with E-state index in [9.17, 15) is 22.7 Å². The van der Waals surface area contributed by atoms with E-state index in [2.05, 4.69) is 9.88 Å². The van der Waals surface area contributed by atoms with Crippen molar-refractivity contribution in [3.63, 3.8) is 0 Å². The number of halogens is 2. The Hall–Kier alpha value is -3.02. The Balaban J connectivity index is 1.51. The molecule has 3 atom stereocenters. The third-order valence-electron chi connectivity index (χ3n) is 7.25. The fourth-order valence-electron chi connectivity index (χ4n) is 5.20. The van der Waals surface area contributed by atoms with E-state index < -0.39 is 34.5 Å². The maximum Gasteiger partial charge on any atom is 0.309 e. The third-order valence-corrected chi connectivity index (χ3v) is 8.92. The maximum atomic E-state index is 14.3. The molecule has 3 unspecified atom stereocenters. The summed E-state index contributed by atoms with van der Waals surface area (Å²) in [6.07, 6.45) is 2.69. The summed E-state index contributed by atoms with van der Waals surface area (Å²) < 4.78 is 54.2. The van der Waals surface area contributed by atoms with Gasteiger partial charge in [-0.1, -0.05) is 12.1 Å². The van der Waals surface area contributed by atoms with Gasteiger partial charge in [0.05, 0.1) is 36.4 Å². The quantitative estimate of drug-likeness (QED) is 0.444. The Morgan fingerprint density at radius 2 is 1.84 bits per heavy atom. The molecule has 1 aliphatic carbocycles. The van der Waals surface area contributed by atoms with Crippen LogP contribution in [0.1, 0.15) is 30.9 Å². The summed E-state index contributed by atoms with van der Waals surface area (Å²) in [4.78, 5) is 18.9. The number of pyridine rings is 1. The highest BCUT2D eigenvalue weighted by molar-refractivity contribution is 8.24. The first-order valence-corrected chi connectivity index (χ1v) is 14.1. The number of hydrogen-bond donors (Lipinski definition) is 2. The molecule has 0 bridgehead atoms. The zero-order valence-electron chi connectivity index (χ0n) is 20.5. The van der Waals surface area contributed by atoms with Crippen LogP contribution in [0, 0.1) is 11.7 Å². The number of ether oxygens (including phenoxy) is 1. The Morgan fingerprint density at radius 1 is 1.11 bits per heavy atom. The first-order valence-electron chi connectivity index (χ1n) is 12.3. The van der Waals surface area contributed by atoms with Gasteiger partial charge in [-0.05, 0) is 49.1 Å². The average Bonchev–Trinajstić information content (AvgIpc) is 3.34. The van der Waals surface area contributed by atoms with Gasteiger partial charge >= 0.3 is 5.97 Å². The molecular weight excluding hydrogens is 502 g/mol. The highest BCUT2D eigenvalue weighted by Crippen LogP contribution is 2.44. The van der Waals surface area contributed by atoms with Crippen LogP contribution in [-0.2, 0) is 9.53 Å². The molecular formula is C26H30F2N4O4S. The lowest BCUT2D eigenvalue weighted by Gasteiger charge is -2.41. The number of aromatic nitrogens is 3. The van der Waals surface area contributed by atoms with Crippen LogP contribution < -0.4 is 4.90 Å². The number of alkyl halides is 1. The van der Waals surface area contributed by atoms with Crippen molar-refractivity contribution in [2.75, 3.05) is 36.6 Å². The molecule has 3 heterocycles. The van der Waals surface area contributed by atoms with Gasteiger partial charge in [0.2, 0.25) is 0 Å². The second-order valence-electron chi connectivity index (χ2n) is 9.60. The minimum absolute atomic E-state index is 0.0749. The molecule has 0 spiro atoms. The number of rotatable bonds is 5. The average molecular weight is 533 g/mol. The van der Waals surface area contributed by atoms with Crippen molar-refractivity contribution in [1.29, 1.82) is 0 Å². The van der Waals surface area contributed by atoms with Crippen LogP contribution in [-0.4, -0.2) is 67.7 Å². The summed E-state index contributed by atoms with van der Waals surface area (Å²) in [7, 11) is -1.18. The van der Waals surface area contributed by atoms with E-state index in [1.807, 2.05) is 24.3 Å². The van der Waals surface area contributed by atoms with Gasteiger partial charge in [-0.15, -0.1) is 0 Å². The third kappa shape index (κ3) is 5.48. The van der Waals surface area contributed by atoms with Crippen molar-refractivity contribution in [3.05, 3.63) is 60.3 Å². The SMILES string of the molecule is COC(=O)C1CC(F)CCC1c1nn(-c2ccc(F)cn2)cc1-c1ccc(N2CCS(O)(O)CC2)cc1. The highest BCUT2D eigenvalue weighted by atomic mass is 32.3. The first kappa shape index (κ1) is 25.6. The van der Waals surface area contributed by atoms with Gasteiger partial charge in [-0.3, -0.25) is 13.9 Å². The number of carbonyl (C=O) groups is 1. The van der Waals surface area contributed by atoms with Gasteiger partial charge in [0.25, 0.3) is 0 Å². The molecule has 5 rings (SSSR count). The molecule has 2 N–H and O–H groups in total. The molecule has 2 aromatic heterocycles. The van der Waals surface area contributed by atoms with Gasteiger partial charge in [-0.2, -0.15) is 15.7 Å². The van der Waals surface area contributed by atoms with Gasteiger partial charge < -0.3 is 9.64 Å². The molecule has 11 heteroatoms. The second-order valence-corrected chi connectivity index (χ2v) is 12.0. The summed E-state index contributed by atoms with van der Waals surface area (Å²) in [5.41, 5.74) is 3.26. The van der Waals surface area contributed by atoms with Crippen LogP contribution in [0.4, 0.5) is 14.5 Å². The zero-order chi connectivity index (χ0) is 26.2. The minimum Gasteiger partial charge on any atom is -0.469 e. The summed E-state index contributed by atoms with van der Waals surface area (Å²) in [6, 6.07) is 10.7. The molecule has 1 saturated carbocycles. The van der Waals surface area contributed by atoms with Crippen molar-refractivity contribution < 1.29 is 27.4 Å². The van der Waals surface area contributed by atoms with Crippen molar-refractivity contribution in [2.45, 2.75) is 31.4 Å². The molecule has 0 radical (unpaired) electrons. The van der Waals surface area contributed by atoms with Crippen molar-refractivity contribution in [1.82, 2.24) is 14.8 Å². The number of carbonyl (C=O) groups excluding carboxylic acids is 1. The van der Waals surface area contributed by atoms with Crippen molar-refractivity contribution in [3.8, 4) is 16.9 Å². The van der Waals surface area contributed by atoms with Crippen molar-refractivity contribution >= 4 is 22.2 Å². The molecule has 2 aliphatic rings. The fourth-order valence-corrected chi connectivity index (χ4v) is 6.43.